The molecule has 0 aromatic rings. The molecule has 0 heterocycles. The van der Waals surface area contributed by atoms with E-state index in [0.717, 1.165) is 32.7 Å². The lowest BCUT2D eigenvalue weighted by Gasteiger charge is -2.60. The Bertz CT molecular complexity index is 246. The van der Waals surface area contributed by atoms with Crippen LogP contribution >= 0.6 is 0 Å². The molecule has 0 spiro atoms. The molecule has 2 atom stereocenters. The van der Waals surface area contributed by atoms with Crippen LogP contribution in [0.5, 0.6) is 0 Å². The minimum absolute atomic E-state index is 0.0460. The fourth-order valence-electron chi connectivity index (χ4n) is 2.58. The van der Waals surface area contributed by atoms with E-state index in [2.05, 4.69) is 25.8 Å². The van der Waals surface area contributed by atoms with Crippen molar-refractivity contribution in [2.75, 3.05) is 40.5 Å². The Hall–Kier alpha value is -0.160. The van der Waals surface area contributed by atoms with Gasteiger partial charge in [0.25, 0.3) is 0 Å². The summed E-state index contributed by atoms with van der Waals surface area (Å²) in [6, 6.07) is 0. The lowest BCUT2D eigenvalue weighted by Crippen LogP contribution is -2.73. The van der Waals surface area contributed by atoms with E-state index in [1.165, 1.54) is 0 Å². The van der Waals surface area contributed by atoms with E-state index in [1.54, 1.807) is 7.11 Å². The van der Waals surface area contributed by atoms with Gasteiger partial charge in [-0.2, -0.15) is 0 Å². The maximum atomic E-state index is 6.51. The summed E-state index contributed by atoms with van der Waals surface area (Å²) in [6.07, 6.45) is 1.25. The third-order valence-corrected chi connectivity index (χ3v) is 4.23. The Morgan fingerprint density at radius 1 is 1.41 bits per heavy atom. The van der Waals surface area contributed by atoms with E-state index < -0.39 is 0 Å². The zero-order chi connectivity index (χ0) is 13.1. The molecule has 102 valence electrons. The minimum Gasteiger partial charge on any atom is -0.383 e. The van der Waals surface area contributed by atoms with Crippen molar-refractivity contribution < 1.29 is 9.47 Å². The molecule has 1 rings (SSSR count). The quantitative estimate of drug-likeness (QED) is 0.728. The molecular formula is C13H28N2O2. The normalized spacial score (nSPS) is 31.6. The lowest BCUT2D eigenvalue weighted by atomic mass is 9.54. The monoisotopic (exact) mass is 244 g/mol. The molecule has 1 saturated carbocycles. The van der Waals surface area contributed by atoms with Crippen molar-refractivity contribution in [1.82, 2.24) is 4.90 Å². The van der Waals surface area contributed by atoms with E-state index in [0.29, 0.717) is 6.10 Å². The van der Waals surface area contributed by atoms with Gasteiger partial charge in [-0.3, -0.25) is 0 Å². The Labute approximate surface area is 105 Å². The predicted molar refractivity (Wildman–Crippen MR) is 70.1 cm³/mol. The van der Waals surface area contributed by atoms with Crippen molar-refractivity contribution in [1.29, 1.82) is 0 Å². The van der Waals surface area contributed by atoms with Gasteiger partial charge in [0, 0.05) is 37.8 Å². The summed E-state index contributed by atoms with van der Waals surface area (Å²) in [5.41, 5.74) is 6.41. The fourth-order valence-corrected chi connectivity index (χ4v) is 2.58. The molecule has 1 aliphatic rings. The van der Waals surface area contributed by atoms with Crippen LogP contribution in [0, 0.1) is 5.41 Å². The fraction of sp³-hybridized carbons (Fsp3) is 1.00. The van der Waals surface area contributed by atoms with E-state index in [-0.39, 0.29) is 11.0 Å². The summed E-state index contributed by atoms with van der Waals surface area (Å²) < 4.78 is 10.8. The van der Waals surface area contributed by atoms with E-state index in [4.69, 9.17) is 15.2 Å². The van der Waals surface area contributed by atoms with Crippen molar-refractivity contribution in [2.24, 2.45) is 11.1 Å². The van der Waals surface area contributed by atoms with Crippen LogP contribution in [0.1, 0.15) is 27.2 Å². The smallest absolute Gasteiger partial charge is 0.0662 e. The van der Waals surface area contributed by atoms with Crippen LogP contribution in [0.2, 0.25) is 0 Å². The largest absolute Gasteiger partial charge is 0.383 e. The van der Waals surface area contributed by atoms with Crippen LogP contribution in [-0.4, -0.2) is 57.0 Å². The molecule has 0 saturated heterocycles. The topological polar surface area (TPSA) is 47.7 Å². The van der Waals surface area contributed by atoms with Crippen LogP contribution in [0.15, 0.2) is 0 Å². The van der Waals surface area contributed by atoms with Gasteiger partial charge in [0.15, 0.2) is 0 Å². The molecule has 0 amide bonds. The number of nitrogens with zero attached hydrogens (tertiary/aromatic N) is 1. The second-order valence-corrected chi connectivity index (χ2v) is 5.76. The molecule has 4 heteroatoms. The Morgan fingerprint density at radius 2 is 2.06 bits per heavy atom. The predicted octanol–water partition coefficient (Wildman–Crippen LogP) is 1.10. The number of methoxy groups -OCH3 is 1. The van der Waals surface area contributed by atoms with Crippen LogP contribution in [0.4, 0.5) is 0 Å². The molecule has 0 radical (unpaired) electrons. The summed E-state index contributed by atoms with van der Waals surface area (Å²) in [5, 5.41) is 0. The average molecular weight is 244 g/mol. The highest BCUT2D eigenvalue weighted by Gasteiger charge is 2.58. The van der Waals surface area contributed by atoms with Gasteiger partial charge in [0.1, 0.15) is 0 Å². The highest BCUT2D eigenvalue weighted by Crippen LogP contribution is 2.49. The van der Waals surface area contributed by atoms with Gasteiger partial charge in [-0.15, -0.1) is 0 Å². The maximum absolute atomic E-state index is 6.51. The maximum Gasteiger partial charge on any atom is 0.0662 e. The number of ether oxygens (including phenoxy) is 2. The molecule has 2 unspecified atom stereocenters. The third-order valence-electron chi connectivity index (χ3n) is 4.23. The first-order chi connectivity index (χ1) is 7.87. The molecule has 0 bridgehead atoms. The second kappa shape index (κ2) is 5.65. The molecule has 1 fully saturated rings. The van der Waals surface area contributed by atoms with E-state index in [1.807, 2.05) is 6.92 Å². The summed E-state index contributed by atoms with van der Waals surface area (Å²) in [4.78, 5) is 2.24. The molecule has 0 aromatic heterocycles. The minimum atomic E-state index is -0.144. The van der Waals surface area contributed by atoms with Crippen molar-refractivity contribution in [3.05, 3.63) is 0 Å². The van der Waals surface area contributed by atoms with Gasteiger partial charge in [-0.25, -0.2) is 0 Å². The van der Waals surface area contributed by atoms with E-state index >= 15 is 0 Å². The van der Waals surface area contributed by atoms with Gasteiger partial charge < -0.3 is 20.1 Å². The Balaban J connectivity index is 2.48. The SMILES string of the molecule is CCOC1CC(N)(CN(C)CCOC)C1(C)C. The number of hydrogen-bond donors (Lipinski definition) is 1. The highest BCUT2D eigenvalue weighted by atomic mass is 16.5. The van der Waals surface area contributed by atoms with Crippen molar-refractivity contribution >= 4 is 0 Å². The van der Waals surface area contributed by atoms with Gasteiger partial charge in [-0.05, 0) is 20.4 Å². The van der Waals surface area contributed by atoms with Crippen LogP contribution in [0.3, 0.4) is 0 Å². The number of nitrogens with two attached hydrogens (primary N) is 1. The molecule has 0 aromatic carbocycles. The molecule has 17 heavy (non-hydrogen) atoms. The van der Waals surface area contributed by atoms with Crippen LogP contribution < -0.4 is 5.73 Å². The first-order valence-electron chi connectivity index (χ1n) is 6.45. The second-order valence-electron chi connectivity index (χ2n) is 5.76. The molecule has 4 nitrogen and oxygen atoms in total. The van der Waals surface area contributed by atoms with Gasteiger partial charge in [0.2, 0.25) is 0 Å². The zero-order valence-electron chi connectivity index (χ0n) is 12.0. The third kappa shape index (κ3) is 2.99. The number of likely N-dealkylation sites (N-methyl/N-ethyl adjacent to an activating group) is 1. The Morgan fingerprint density at radius 3 is 2.53 bits per heavy atom. The highest BCUT2D eigenvalue weighted by molar-refractivity contribution is 5.14. The van der Waals surface area contributed by atoms with Gasteiger partial charge >= 0.3 is 0 Å². The molecule has 2 N–H and O–H groups in total. The summed E-state index contributed by atoms with van der Waals surface area (Å²) in [7, 11) is 3.82. The lowest BCUT2D eigenvalue weighted by molar-refractivity contribution is -0.155. The van der Waals surface area contributed by atoms with Crippen LogP contribution in [0.25, 0.3) is 0 Å². The van der Waals surface area contributed by atoms with Gasteiger partial charge in [-0.1, -0.05) is 13.8 Å². The molecule has 0 aliphatic heterocycles. The molecule has 1 aliphatic carbocycles. The van der Waals surface area contributed by atoms with Crippen molar-refractivity contribution in [2.45, 2.75) is 38.8 Å². The van der Waals surface area contributed by atoms with Crippen molar-refractivity contribution in [3.8, 4) is 0 Å². The van der Waals surface area contributed by atoms with Gasteiger partial charge in [0.05, 0.1) is 12.7 Å². The zero-order valence-corrected chi connectivity index (χ0v) is 12.0. The summed E-state index contributed by atoms with van der Waals surface area (Å²) in [5.74, 6) is 0. The van der Waals surface area contributed by atoms with Crippen LogP contribution in [-0.2, 0) is 9.47 Å². The number of rotatable bonds is 7. The standard InChI is InChI=1S/C13H28N2O2/c1-6-17-11-9-13(14,12(11,2)3)10-15(4)7-8-16-5/h11H,6-10,14H2,1-5H3. The van der Waals surface area contributed by atoms with Crippen molar-refractivity contribution in [3.63, 3.8) is 0 Å². The van der Waals surface area contributed by atoms with E-state index in [9.17, 15) is 0 Å². The summed E-state index contributed by atoms with van der Waals surface area (Å²) >= 11 is 0. The first-order valence-corrected chi connectivity index (χ1v) is 6.45. The first kappa shape index (κ1) is 14.9. The number of hydrogen-bond acceptors (Lipinski definition) is 4. The average Bonchev–Trinajstić information content (AvgIpc) is 2.26. The molecular weight excluding hydrogens is 216 g/mol. The summed E-state index contributed by atoms with van der Waals surface area (Å²) in [6.45, 7) is 9.79. The Kier molecular flexibility index (Phi) is 4.95.